The zero-order valence-electron chi connectivity index (χ0n) is 13.0. The third-order valence-electron chi connectivity index (χ3n) is 3.92. The van der Waals surface area contributed by atoms with Crippen molar-refractivity contribution in [2.75, 3.05) is 7.11 Å². The fraction of sp³-hybridized carbons (Fsp3) is 0.0526. The van der Waals surface area contributed by atoms with Crippen LogP contribution in [0.25, 0.3) is 28.2 Å². The number of hydrogen-bond donors (Lipinski definition) is 1. The first-order chi connectivity index (χ1) is 11.8. The summed E-state index contributed by atoms with van der Waals surface area (Å²) < 4.78 is 7.35. The fourth-order valence-corrected chi connectivity index (χ4v) is 2.77. The smallest absolute Gasteiger partial charge is 0.163 e. The van der Waals surface area contributed by atoms with Crippen molar-refractivity contribution in [2.45, 2.75) is 0 Å². The van der Waals surface area contributed by atoms with E-state index in [1.165, 1.54) is 0 Å². The molecule has 1 N–H and O–H groups in total. The van der Waals surface area contributed by atoms with Gasteiger partial charge in [0.2, 0.25) is 0 Å². The lowest BCUT2D eigenvalue weighted by molar-refractivity contribution is 0.416. The van der Waals surface area contributed by atoms with Crippen molar-refractivity contribution in [2.24, 2.45) is 0 Å². The molecule has 2 aromatic carbocycles. The van der Waals surface area contributed by atoms with Gasteiger partial charge in [-0.1, -0.05) is 24.3 Å². The molecule has 0 amide bonds. The number of benzene rings is 2. The van der Waals surface area contributed by atoms with Crippen LogP contribution in [0.5, 0.6) is 11.5 Å². The standard InChI is InChI=1S/C19H15N3O2/c1-24-17-9-5-3-6-13(17)15-12-22-11-10-20-19(22)18(21-15)14-7-2-4-8-16(14)23/h2-12,23H,1H3. The van der Waals surface area contributed by atoms with E-state index < -0.39 is 0 Å². The highest BCUT2D eigenvalue weighted by atomic mass is 16.5. The predicted molar refractivity (Wildman–Crippen MR) is 92.1 cm³/mol. The lowest BCUT2D eigenvalue weighted by Crippen LogP contribution is -1.97. The first kappa shape index (κ1) is 14.3. The van der Waals surface area contributed by atoms with Crippen molar-refractivity contribution in [1.82, 2.24) is 14.4 Å². The van der Waals surface area contributed by atoms with Crippen molar-refractivity contribution >= 4 is 5.65 Å². The summed E-state index contributed by atoms with van der Waals surface area (Å²) in [6.07, 6.45) is 5.48. The molecule has 5 heteroatoms. The summed E-state index contributed by atoms with van der Waals surface area (Å²) in [6, 6.07) is 14.8. The average molecular weight is 317 g/mol. The number of methoxy groups -OCH3 is 1. The van der Waals surface area contributed by atoms with Crippen molar-refractivity contribution in [3.8, 4) is 34.0 Å². The maximum atomic E-state index is 10.2. The van der Waals surface area contributed by atoms with Gasteiger partial charge >= 0.3 is 0 Å². The van der Waals surface area contributed by atoms with E-state index in [-0.39, 0.29) is 5.75 Å². The Balaban J connectivity index is 2.01. The van der Waals surface area contributed by atoms with Gasteiger partial charge in [0.15, 0.2) is 5.65 Å². The Morgan fingerprint density at radius 1 is 1.00 bits per heavy atom. The summed E-state index contributed by atoms with van der Waals surface area (Å²) in [6.45, 7) is 0. The molecule has 0 spiro atoms. The zero-order chi connectivity index (χ0) is 16.5. The second-order valence-corrected chi connectivity index (χ2v) is 5.35. The topological polar surface area (TPSA) is 59.7 Å². The fourth-order valence-electron chi connectivity index (χ4n) is 2.77. The number of rotatable bonds is 3. The van der Waals surface area contributed by atoms with Crippen molar-refractivity contribution < 1.29 is 9.84 Å². The molecule has 0 atom stereocenters. The van der Waals surface area contributed by atoms with Crippen molar-refractivity contribution in [3.05, 3.63) is 67.1 Å². The monoisotopic (exact) mass is 317 g/mol. The Bertz CT molecular complexity index is 1020. The molecule has 2 heterocycles. The molecule has 0 aliphatic heterocycles. The summed E-state index contributed by atoms with van der Waals surface area (Å²) in [5, 5.41) is 10.2. The quantitative estimate of drug-likeness (QED) is 0.625. The molecule has 24 heavy (non-hydrogen) atoms. The molecule has 5 nitrogen and oxygen atoms in total. The molecule has 0 saturated carbocycles. The van der Waals surface area contributed by atoms with E-state index in [9.17, 15) is 5.11 Å². The van der Waals surface area contributed by atoms with Crippen molar-refractivity contribution in [3.63, 3.8) is 0 Å². The van der Waals surface area contributed by atoms with E-state index >= 15 is 0 Å². The van der Waals surface area contributed by atoms with Crippen LogP contribution in [-0.2, 0) is 0 Å². The van der Waals surface area contributed by atoms with Gasteiger partial charge in [-0.05, 0) is 24.3 Å². The van der Waals surface area contributed by atoms with E-state index in [0.717, 1.165) is 17.0 Å². The number of imidazole rings is 1. The Hall–Kier alpha value is -3.34. The van der Waals surface area contributed by atoms with Crippen LogP contribution < -0.4 is 4.74 Å². The summed E-state index contributed by atoms with van der Waals surface area (Å²) in [5.41, 5.74) is 3.59. The van der Waals surface area contributed by atoms with Gasteiger partial charge in [-0.15, -0.1) is 0 Å². The van der Waals surface area contributed by atoms with Crippen LogP contribution in [0.3, 0.4) is 0 Å². The summed E-state index contributed by atoms with van der Waals surface area (Å²) >= 11 is 0. The highest BCUT2D eigenvalue weighted by Gasteiger charge is 2.15. The molecular weight excluding hydrogens is 302 g/mol. The summed E-state index contributed by atoms with van der Waals surface area (Å²) in [4.78, 5) is 9.13. The molecule has 118 valence electrons. The highest BCUT2D eigenvalue weighted by Crippen LogP contribution is 2.34. The number of phenols is 1. The first-order valence-electron chi connectivity index (χ1n) is 7.53. The van der Waals surface area contributed by atoms with Crippen LogP contribution >= 0.6 is 0 Å². The van der Waals surface area contributed by atoms with E-state index in [1.54, 1.807) is 25.4 Å². The van der Waals surface area contributed by atoms with Gasteiger partial charge < -0.3 is 14.2 Å². The van der Waals surface area contributed by atoms with Gasteiger partial charge in [0.1, 0.15) is 17.2 Å². The lowest BCUT2D eigenvalue weighted by Gasteiger charge is -2.11. The van der Waals surface area contributed by atoms with Crippen LogP contribution in [-0.4, -0.2) is 26.6 Å². The van der Waals surface area contributed by atoms with Crippen LogP contribution in [0.15, 0.2) is 67.1 Å². The normalized spacial score (nSPS) is 10.9. The molecule has 0 radical (unpaired) electrons. The van der Waals surface area contributed by atoms with E-state index in [0.29, 0.717) is 16.9 Å². The number of phenolic OH excluding ortho intramolecular Hbond substituents is 1. The number of aromatic hydroxyl groups is 1. The maximum absolute atomic E-state index is 10.2. The van der Waals surface area contributed by atoms with Crippen LogP contribution in [0.2, 0.25) is 0 Å². The Labute approximate surface area is 138 Å². The van der Waals surface area contributed by atoms with Gasteiger partial charge in [-0.2, -0.15) is 0 Å². The Kier molecular flexibility index (Phi) is 3.39. The Morgan fingerprint density at radius 3 is 2.54 bits per heavy atom. The number of hydrogen-bond acceptors (Lipinski definition) is 4. The molecule has 0 fully saturated rings. The second-order valence-electron chi connectivity index (χ2n) is 5.35. The SMILES string of the molecule is COc1ccccc1-c1cn2ccnc2c(-c2ccccc2O)n1. The van der Waals surface area contributed by atoms with Gasteiger partial charge in [0.25, 0.3) is 0 Å². The second kappa shape index (κ2) is 5.70. The molecule has 4 rings (SSSR count). The van der Waals surface area contributed by atoms with E-state index in [4.69, 9.17) is 9.72 Å². The van der Waals surface area contributed by atoms with Gasteiger partial charge in [0.05, 0.1) is 12.8 Å². The number of para-hydroxylation sites is 2. The Morgan fingerprint density at radius 2 is 1.75 bits per heavy atom. The first-order valence-corrected chi connectivity index (χ1v) is 7.53. The minimum atomic E-state index is 0.173. The van der Waals surface area contributed by atoms with Crippen LogP contribution in [0.4, 0.5) is 0 Å². The molecule has 0 aliphatic rings. The minimum absolute atomic E-state index is 0.173. The van der Waals surface area contributed by atoms with Crippen LogP contribution in [0, 0.1) is 0 Å². The predicted octanol–water partition coefficient (Wildman–Crippen LogP) is 3.78. The summed E-state index contributed by atoms with van der Waals surface area (Å²) in [7, 11) is 1.64. The third kappa shape index (κ3) is 2.27. The van der Waals surface area contributed by atoms with Gasteiger partial charge in [-0.3, -0.25) is 0 Å². The third-order valence-corrected chi connectivity index (χ3v) is 3.92. The maximum Gasteiger partial charge on any atom is 0.163 e. The largest absolute Gasteiger partial charge is 0.507 e. The van der Waals surface area contributed by atoms with E-state index in [1.807, 2.05) is 53.2 Å². The lowest BCUT2D eigenvalue weighted by atomic mass is 10.1. The van der Waals surface area contributed by atoms with E-state index in [2.05, 4.69) is 4.98 Å². The molecule has 4 aromatic rings. The molecule has 0 bridgehead atoms. The van der Waals surface area contributed by atoms with Crippen LogP contribution in [0.1, 0.15) is 0 Å². The molecule has 0 unspecified atom stereocenters. The molecular formula is C19H15N3O2. The van der Waals surface area contributed by atoms with Crippen molar-refractivity contribution in [1.29, 1.82) is 0 Å². The molecule has 2 aromatic heterocycles. The zero-order valence-corrected chi connectivity index (χ0v) is 13.0. The highest BCUT2D eigenvalue weighted by molar-refractivity contribution is 5.80. The number of ether oxygens (including phenoxy) is 1. The average Bonchev–Trinajstić information content (AvgIpc) is 3.10. The summed E-state index contributed by atoms with van der Waals surface area (Å²) in [5.74, 6) is 0.916. The molecule has 0 saturated heterocycles. The number of fused-ring (bicyclic) bond motifs is 1. The minimum Gasteiger partial charge on any atom is -0.507 e. The molecule has 0 aliphatic carbocycles. The van der Waals surface area contributed by atoms with Gasteiger partial charge in [-0.25, -0.2) is 9.97 Å². The van der Waals surface area contributed by atoms with Gasteiger partial charge in [0, 0.05) is 29.7 Å². The number of aromatic nitrogens is 3. The number of nitrogens with zero attached hydrogens (tertiary/aromatic N) is 3.